The van der Waals surface area contributed by atoms with Crippen molar-refractivity contribution in [2.24, 2.45) is 0 Å². The van der Waals surface area contributed by atoms with E-state index < -0.39 is 0 Å². The van der Waals surface area contributed by atoms with Crippen LogP contribution in [0.2, 0.25) is 0 Å². The SMILES string of the molecule is CCOC(=O)CN(C)CC(=O)NC(C)c1ccccc1. The maximum Gasteiger partial charge on any atom is 0.320 e. The summed E-state index contributed by atoms with van der Waals surface area (Å²) < 4.78 is 4.83. The number of benzene rings is 1. The van der Waals surface area contributed by atoms with Crippen molar-refractivity contribution >= 4 is 11.9 Å². The molecule has 20 heavy (non-hydrogen) atoms. The third-order valence-corrected chi connectivity index (χ3v) is 2.79. The van der Waals surface area contributed by atoms with E-state index in [0.29, 0.717) is 6.61 Å². The fourth-order valence-corrected chi connectivity index (χ4v) is 1.84. The van der Waals surface area contributed by atoms with Gasteiger partial charge >= 0.3 is 5.97 Å². The molecular weight excluding hydrogens is 256 g/mol. The molecule has 1 atom stereocenters. The van der Waals surface area contributed by atoms with Crippen LogP contribution in [0, 0.1) is 0 Å². The van der Waals surface area contributed by atoms with Gasteiger partial charge in [0.05, 0.1) is 25.7 Å². The van der Waals surface area contributed by atoms with Crippen molar-refractivity contribution in [1.29, 1.82) is 0 Å². The maximum atomic E-state index is 11.9. The predicted octanol–water partition coefficient (Wildman–Crippen LogP) is 1.36. The van der Waals surface area contributed by atoms with E-state index in [0.717, 1.165) is 5.56 Å². The summed E-state index contributed by atoms with van der Waals surface area (Å²) in [5.74, 6) is -0.438. The lowest BCUT2D eigenvalue weighted by Crippen LogP contribution is -2.38. The van der Waals surface area contributed by atoms with Crippen LogP contribution in [0.5, 0.6) is 0 Å². The minimum Gasteiger partial charge on any atom is -0.465 e. The Balaban J connectivity index is 2.38. The van der Waals surface area contributed by atoms with E-state index in [2.05, 4.69) is 5.32 Å². The van der Waals surface area contributed by atoms with Gasteiger partial charge in [0, 0.05) is 0 Å². The summed E-state index contributed by atoms with van der Waals surface area (Å²) in [6, 6.07) is 9.68. The average molecular weight is 278 g/mol. The zero-order valence-corrected chi connectivity index (χ0v) is 12.3. The van der Waals surface area contributed by atoms with Crippen molar-refractivity contribution in [3.05, 3.63) is 35.9 Å². The number of hydrogen-bond acceptors (Lipinski definition) is 4. The molecule has 1 N–H and O–H groups in total. The molecule has 110 valence electrons. The first-order valence-corrected chi connectivity index (χ1v) is 6.71. The number of hydrogen-bond donors (Lipinski definition) is 1. The zero-order valence-electron chi connectivity index (χ0n) is 12.3. The highest BCUT2D eigenvalue weighted by Crippen LogP contribution is 2.10. The quantitative estimate of drug-likeness (QED) is 0.765. The molecule has 0 heterocycles. The molecule has 0 spiro atoms. The summed E-state index contributed by atoms with van der Waals surface area (Å²) in [4.78, 5) is 24.8. The van der Waals surface area contributed by atoms with Crippen LogP contribution in [0.1, 0.15) is 25.5 Å². The Bertz CT molecular complexity index is 434. The molecule has 5 heteroatoms. The molecule has 1 amide bonds. The van der Waals surface area contributed by atoms with Gasteiger partial charge in [0.15, 0.2) is 0 Å². The monoisotopic (exact) mass is 278 g/mol. The normalized spacial score (nSPS) is 12.0. The molecule has 0 saturated heterocycles. The van der Waals surface area contributed by atoms with Gasteiger partial charge in [-0.05, 0) is 26.5 Å². The second-order valence-corrected chi connectivity index (χ2v) is 4.68. The smallest absolute Gasteiger partial charge is 0.320 e. The fraction of sp³-hybridized carbons (Fsp3) is 0.467. The van der Waals surface area contributed by atoms with Crippen molar-refractivity contribution in [1.82, 2.24) is 10.2 Å². The van der Waals surface area contributed by atoms with E-state index >= 15 is 0 Å². The van der Waals surface area contributed by atoms with E-state index in [1.807, 2.05) is 37.3 Å². The van der Waals surface area contributed by atoms with Crippen LogP contribution in [-0.2, 0) is 14.3 Å². The van der Waals surface area contributed by atoms with E-state index in [-0.39, 0.29) is 31.0 Å². The van der Waals surface area contributed by atoms with Gasteiger partial charge in [-0.25, -0.2) is 0 Å². The second kappa shape index (κ2) is 8.32. The van der Waals surface area contributed by atoms with E-state index in [9.17, 15) is 9.59 Å². The maximum absolute atomic E-state index is 11.9. The molecule has 0 aliphatic rings. The lowest BCUT2D eigenvalue weighted by molar-refractivity contribution is -0.144. The molecule has 5 nitrogen and oxygen atoms in total. The Morgan fingerprint density at radius 2 is 1.90 bits per heavy atom. The number of ether oxygens (including phenoxy) is 1. The molecule has 0 radical (unpaired) electrons. The molecule has 1 rings (SSSR count). The number of nitrogens with zero attached hydrogens (tertiary/aromatic N) is 1. The zero-order chi connectivity index (χ0) is 15.0. The third-order valence-electron chi connectivity index (χ3n) is 2.79. The first-order chi connectivity index (χ1) is 9.52. The number of carbonyl (C=O) groups excluding carboxylic acids is 2. The van der Waals surface area contributed by atoms with Crippen LogP contribution in [0.15, 0.2) is 30.3 Å². The first kappa shape index (κ1) is 16.2. The molecule has 0 aliphatic carbocycles. The van der Waals surface area contributed by atoms with Crippen LogP contribution in [-0.4, -0.2) is 43.5 Å². The van der Waals surface area contributed by atoms with Crippen molar-refractivity contribution in [2.45, 2.75) is 19.9 Å². The highest BCUT2D eigenvalue weighted by atomic mass is 16.5. The Kier molecular flexibility index (Phi) is 6.73. The fourth-order valence-electron chi connectivity index (χ4n) is 1.84. The molecule has 1 aromatic rings. The van der Waals surface area contributed by atoms with Gasteiger partial charge in [-0.2, -0.15) is 0 Å². The Labute approximate surface area is 119 Å². The Hall–Kier alpha value is -1.88. The van der Waals surface area contributed by atoms with E-state index in [1.165, 1.54) is 0 Å². The molecule has 0 saturated carbocycles. The van der Waals surface area contributed by atoms with Gasteiger partial charge in [-0.3, -0.25) is 14.5 Å². The lowest BCUT2D eigenvalue weighted by Gasteiger charge is -2.18. The summed E-state index contributed by atoms with van der Waals surface area (Å²) in [5, 5.41) is 2.90. The lowest BCUT2D eigenvalue weighted by atomic mass is 10.1. The summed E-state index contributed by atoms with van der Waals surface area (Å²) >= 11 is 0. The number of nitrogens with one attached hydrogen (secondary N) is 1. The minimum absolute atomic E-state index is 0.0558. The van der Waals surface area contributed by atoms with Gasteiger partial charge in [0.25, 0.3) is 0 Å². The standard InChI is InChI=1S/C15H22N2O3/c1-4-20-15(19)11-17(3)10-14(18)16-12(2)13-8-6-5-7-9-13/h5-9,12H,4,10-11H2,1-3H3,(H,16,18). The third kappa shape index (κ3) is 5.84. The topological polar surface area (TPSA) is 58.6 Å². The highest BCUT2D eigenvalue weighted by molar-refractivity contribution is 5.79. The number of esters is 1. The molecule has 0 aromatic heterocycles. The summed E-state index contributed by atoms with van der Waals surface area (Å²) in [7, 11) is 1.71. The van der Waals surface area contributed by atoms with Gasteiger partial charge < -0.3 is 10.1 Å². The Morgan fingerprint density at radius 1 is 1.25 bits per heavy atom. The minimum atomic E-state index is -0.320. The Morgan fingerprint density at radius 3 is 2.50 bits per heavy atom. The number of rotatable bonds is 7. The highest BCUT2D eigenvalue weighted by Gasteiger charge is 2.13. The van der Waals surface area contributed by atoms with E-state index in [1.54, 1.807) is 18.9 Å². The molecule has 0 aliphatic heterocycles. The summed E-state index contributed by atoms with van der Waals surface area (Å²) in [6.07, 6.45) is 0. The van der Waals surface area contributed by atoms with Gasteiger partial charge in [0.1, 0.15) is 0 Å². The van der Waals surface area contributed by atoms with E-state index in [4.69, 9.17) is 4.74 Å². The largest absolute Gasteiger partial charge is 0.465 e. The number of likely N-dealkylation sites (N-methyl/N-ethyl adjacent to an activating group) is 1. The molecule has 1 aromatic carbocycles. The predicted molar refractivity (Wildman–Crippen MR) is 77.1 cm³/mol. The molecule has 0 bridgehead atoms. The van der Waals surface area contributed by atoms with Gasteiger partial charge in [-0.1, -0.05) is 30.3 Å². The van der Waals surface area contributed by atoms with Crippen LogP contribution < -0.4 is 5.32 Å². The van der Waals surface area contributed by atoms with Crippen LogP contribution in [0.4, 0.5) is 0 Å². The van der Waals surface area contributed by atoms with Crippen molar-refractivity contribution < 1.29 is 14.3 Å². The summed E-state index contributed by atoms with van der Waals surface area (Å²) in [5.41, 5.74) is 1.05. The van der Waals surface area contributed by atoms with Crippen molar-refractivity contribution in [3.8, 4) is 0 Å². The van der Waals surface area contributed by atoms with Crippen LogP contribution in [0.25, 0.3) is 0 Å². The van der Waals surface area contributed by atoms with Crippen molar-refractivity contribution in [2.75, 3.05) is 26.7 Å². The number of amides is 1. The van der Waals surface area contributed by atoms with Crippen LogP contribution >= 0.6 is 0 Å². The summed E-state index contributed by atoms with van der Waals surface area (Å²) in [6.45, 7) is 4.31. The number of carbonyl (C=O) groups is 2. The molecular formula is C15H22N2O3. The van der Waals surface area contributed by atoms with Crippen molar-refractivity contribution in [3.63, 3.8) is 0 Å². The first-order valence-electron chi connectivity index (χ1n) is 6.71. The van der Waals surface area contributed by atoms with Gasteiger partial charge in [-0.15, -0.1) is 0 Å². The average Bonchev–Trinajstić information content (AvgIpc) is 2.39. The second-order valence-electron chi connectivity index (χ2n) is 4.68. The molecule has 1 unspecified atom stereocenters. The molecule has 0 fully saturated rings. The van der Waals surface area contributed by atoms with Crippen LogP contribution in [0.3, 0.4) is 0 Å². The van der Waals surface area contributed by atoms with Gasteiger partial charge in [0.2, 0.25) is 5.91 Å².